The van der Waals surface area contributed by atoms with Crippen LogP contribution in [0, 0.1) is 6.57 Å². The Morgan fingerprint density at radius 1 is 0.963 bits per heavy atom. The van der Waals surface area contributed by atoms with Crippen LogP contribution in [0.1, 0.15) is 24.8 Å². The Balaban J connectivity index is 1.65. The van der Waals surface area contributed by atoms with Crippen molar-refractivity contribution in [3.8, 4) is 0 Å². The molecule has 2 aromatic carbocycles. The average molecular weight is 360 g/mol. The highest BCUT2D eigenvalue weighted by atomic mass is 16.4. The van der Waals surface area contributed by atoms with Crippen LogP contribution in [-0.4, -0.2) is 24.2 Å². The van der Waals surface area contributed by atoms with Gasteiger partial charge in [-0.3, -0.25) is 4.79 Å². The van der Waals surface area contributed by atoms with Gasteiger partial charge in [-0.15, -0.1) is 0 Å². The molecule has 6 heteroatoms. The summed E-state index contributed by atoms with van der Waals surface area (Å²) >= 11 is 0. The van der Waals surface area contributed by atoms with Gasteiger partial charge in [-0.1, -0.05) is 12.1 Å². The summed E-state index contributed by atoms with van der Waals surface area (Å²) in [7, 11) is 0. The molecule has 1 N–H and O–H groups in total. The molecule has 27 heavy (non-hydrogen) atoms. The number of hydrogen-bond donors (Lipinski definition) is 1. The highest BCUT2D eigenvalue weighted by molar-refractivity contribution is 5.94. The Hall–Kier alpha value is -3.46. The molecule has 0 amide bonds. The number of benzene rings is 2. The number of piperidine rings is 1. The van der Waals surface area contributed by atoms with Crippen LogP contribution in [0.4, 0.5) is 17.1 Å². The van der Waals surface area contributed by atoms with Crippen LogP contribution < -0.4 is 4.90 Å². The van der Waals surface area contributed by atoms with E-state index in [1.54, 1.807) is 24.3 Å². The van der Waals surface area contributed by atoms with Gasteiger partial charge < -0.3 is 10.0 Å². The van der Waals surface area contributed by atoms with Crippen LogP contribution in [-0.2, 0) is 4.79 Å². The molecule has 1 aliphatic rings. The van der Waals surface area contributed by atoms with E-state index in [1.165, 1.54) is 31.0 Å². The molecule has 0 radical (unpaired) electrons. The summed E-state index contributed by atoms with van der Waals surface area (Å²) in [5.41, 5.74) is 2.97. The van der Waals surface area contributed by atoms with Gasteiger partial charge in [-0.2, -0.15) is 10.2 Å². The zero-order valence-electron chi connectivity index (χ0n) is 14.9. The topological polar surface area (TPSA) is 69.6 Å². The first-order valence-electron chi connectivity index (χ1n) is 8.85. The SMILES string of the molecule is [C-]#[N+]C(=Cc1ccc(N=Nc2ccc(N3CCCCC3)cc2)cc1)C(=O)O. The van der Waals surface area contributed by atoms with Gasteiger partial charge in [0.2, 0.25) is 0 Å². The molecule has 2 aromatic rings. The van der Waals surface area contributed by atoms with Gasteiger partial charge in [0.25, 0.3) is 5.70 Å². The van der Waals surface area contributed by atoms with E-state index >= 15 is 0 Å². The van der Waals surface area contributed by atoms with E-state index in [0.29, 0.717) is 11.3 Å². The normalized spacial score (nSPS) is 14.9. The molecule has 136 valence electrons. The third-order valence-corrected chi connectivity index (χ3v) is 4.39. The fraction of sp³-hybridized carbons (Fsp3) is 0.238. The highest BCUT2D eigenvalue weighted by Crippen LogP contribution is 2.24. The zero-order chi connectivity index (χ0) is 19.1. The second kappa shape index (κ2) is 8.77. The van der Waals surface area contributed by atoms with E-state index in [2.05, 4.69) is 32.1 Å². The number of carboxylic acids is 1. The van der Waals surface area contributed by atoms with Crippen molar-refractivity contribution in [3.05, 3.63) is 71.2 Å². The van der Waals surface area contributed by atoms with Gasteiger partial charge >= 0.3 is 5.97 Å². The maximum atomic E-state index is 10.9. The Labute approximate surface area is 158 Å². The van der Waals surface area contributed by atoms with Gasteiger partial charge in [-0.25, -0.2) is 4.85 Å². The number of aliphatic carboxylic acids is 1. The highest BCUT2D eigenvalue weighted by Gasteiger charge is 2.10. The Kier molecular flexibility index (Phi) is 5.95. The third-order valence-electron chi connectivity index (χ3n) is 4.39. The minimum atomic E-state index is -1.23. The zero-order valence-corrected chi connectivity index (χ0v) is 14.9. The predicted octanol–water partition coefficient (Wildman–Crippen LogP) is 5.44. The lowest BCUT2D eigenvalue weighted by molar-refractivity contribution is -0.132. The lowest BCUT2D eigenvalue weighted by atomic mass is 10.1. The molecule has 0 saturated carbocycles. The molecule has 1 heterocycles. The van der Waals surface area contributed by atoms with E-state index < -0.39 is 5.97 Å². The van der Waals surface area contributed by atoms with Crippen molar-refractivity contribution in [1.29, 1.82) is 0 Å². The first kappa shape index (κ1) is 18.3. The van der Waals surface area contributed by atoms with Crippen LogP contribution in [0.15, 0.2) is 64.5 Å². The van der Waals surface area contributed by atoms with Crippen molar-refractivity contribution in [2.45, 2.75) is 19.3 Å². The Morgan fingerprint density at radius 3 is 2.04 bits per heavy atom. The van der Waals surface area contributed by atoms with Crippen LogP contribution in [0.2, 0.25) is 0 Å². The summed E-state index contributed by atoms with van der Waals surface area (Å²) in [5.74, 6) is -1.23. The summed E-state index contributed by atoms with van der Waals surface area (Å²) in [6.07, 6.45) is 5.13. The standard InChI is InChI=1S/C21H20N4O2/c1-22-20(21(26)27)15-16-5-7-17(8-6-16)23-24-18-9-11-19(12-10-18)25-13-3-2-4-14-25/h5-12,15H,2-4,13-14H2,(H,26,27). The molecule has 0 spiro atoms. The average Bonchev–Trinajstić information content (AvgIpc) is 2.72. The van der Waals surface area contributed by atoms with Crippen molar-refractivity contribution >= 4 is 29.1 Å². The summed E-state index contributed by atoms with van der Waals surface area (Å²) < 4.78 is 0. The Bertz CT molecular complexity index is 887. The second-order valence-corrected chi connectivity index (χ2v) is 6.30. The summed E-state index contributed by atoms with van der Waals surface area (Å²) in [6, 6.07) is 15.0. The largest absolute Gasteiger partial charge is 0.486 e. The second-order valence-electron chi connectivity index (χ2n) is 6.30. The number of anilines is 1. The quantitative estimate of drug-likeness (QED) is 0.439. The van der Waals surface area contributed by atoms with Gasteiger partial charge in [-0.05, 0) is 67.3 Å². The molecule has 0 unspecified atom stereocenters. The lowest BCUT2D eigenvalue weighted by Crippen LogP contribution is -2.29. The van der Waals surface area contributed by atoms with E-state index in [-0.39, 0.29) is 5.70 Å². The maximum absolute atomic E-state index is 10.9. The van der Waals surface area contributed by atoms with Crippen molar-refractivity contribution in [2.24, 2.45) is 10.2 Å². The molecule has 0 aromatic heterocycles. The van der Waals surface area contributed by atoms with Crippen LogP contribution in [0.25, 0.3) is 10.9 Å². The van der Waals surface area contributed by atoms with Crippen LogP contribution >= 0.6 is 0 Å². The fourth-order valence-corrected chi connectivity index (χ4v) is 2.93. The number of carbonyl (C=O) groups is 1. The first-order valence-corrected chi connectivity index (χ1v) is 8.85. The smallest absolute Gasteiger partial charge is 0.333 e. The number of rotatable bonds is 5. The third kappa shape index (κ3) is 5.02. The molecule has 1 fully saturated rings. The molecule has 1 saturated heterocycles. The van der Waals surface area contributed by atoms with E-state index in [1.807, 2.05) is 12.1 Å². The van der Waals surface area contributed by atoms with Crippen molar-refractivity contribution in [3.63, 3.8) is 0 Å². The van der Waals surface area contributed by atoms with Gasteiger partial charge in [0.1, 0.15) is 0 Å². The maximum Gasteiger partial charge on any atom is 0.333 e. The summed E-state index contributed by atoms with van der Waals surface area (Å²) in [4.78, 5) is 16.2. The molecular weight excluding hydrogens is 340 g/mol. The molecular formula is C21H20N4O2. The number of carboxylic acid groups (broad SMARTS) is 1. The van der Waals surface area contributed by atoms with E-state index in [0.717, 1.165) is 18.8 Å². The van der Waals surface area contributed by atoms with Gasteiger partial charge in [0.05, 0.1) is 17.9 Å². The number of hydrogen-bond acceptors (Lipinski definition) is 4. The van der Waals surface area contributed by atoms with Crippen molar-refractivity contribution in [1.82, 2.24) is 0 Å². The molecule has 0 atom stereocenters. The number of nitrogens with zero attached hydrogens (tertiary/aromatic N) is 4. The molecule has 0 bridgehead atoms. The molecule has 1 aliphatic heterocycles. The number of azo groups is 1. The van der Waals surface area contributed by atoms with Crippen molar-refractivity contribution in [2.75, 3.05) is 18.0 Å². The van der Waals surface area contributed by atoms with E-state index in [4.69, 9.17) is 11.7 Å². The van der Waals surface area contributed by atoms with Crippen LogP contribution in [0.5, 0.6) is 0 Å². The van der Waals surface area contributed by atoms with Gasteiger partial charge in [0.15, 0.2) is 0 Å². The minimum absolute atomic E-state index is 0.321. The molecule has 6 nitrogen and oxygen atoms in total. The first-order chi connectivity index (χ1) is 13.2. The Morgan fingerprint density at radius 2 is 1.52 bits per heavy atom. The minimum Gasteiger partial charge on any atom is -0.486 e. The van der Waals surface area contributed by atoms with Gasteiger partial charge in [0, 0.05) is 18.8 Å². The molecule has 3 rings (SSSR count). The monoisotopic (exact) mass is 360 g/mol. The molecule has 0 aliphatic carbocycles. The summed E-state index contributed by atoms with van der Waals surface area (Å²) in [5, 5.41) is 17.3. The van der Waals surface area contributed by atoms with E-state index in [9.17, 15) is 4.79 Å². The van der Waals surface area contributed by atoms with Crippen LogP contribution in [0.3, 0.4) is 0 Å². The van der Waals surface area contributed by atoms with Crippen molar-refractivity contribution < 1.29 is 9.90 Å². The predicted molar refractivity (Wildman–Crippen MR) is 105 cm³/mol. The summed E-state index contributed by atoms with van der Waals surface area (Å²) in [6.45, 7) is 9.08. The lowest BCUT2D eigenvalue weighted by Gasteiger charge is -2.28. The fourth-order valence-electron chi connectivity index (χ4n) is 2.93.